The Bertz CT molecular complexity index is 280. The molecule has 0 saturated carbocycles. The van der Waals surface area contributed by atoms with E-state index in [9.17, 15) is 8.42 Å². The molecule has 3 heteroatoms. The molecule has 0 aliphatic heterocycles. The van der Waals surface area contributed by atoms with Gasteiger partial charge in [-0.15, -0.1) is 0 Å². The van der Waals surface area contributed by atoms with Gasteiger partial charge in [0.15, 0.2) is 9.84 Å². The number of rotatable bonds is 8. The van der Waals surface area contributed by atoms with E-state index in [4.69, 9.17) is 2.74 Å². The van der Waals surface area contributed by atoms with Crippen molar-refractivity contribution in [1.29, 1.82) is 0 Å². The van der Waals surface area contributed by atoms with Gasteiger partial charge in [-0.2, -0.15) is 0 Å². The Hall–Kier alpha value is -0.310. The van der Waals surface area contributed by atoms with Crippen LogP contribution in [0.15, 0.2) is 11.9 Å². The van der Waals surface area contributed by atoms with Crippen LogP contribution in [0.3, 0.4) is 0 Å². The van der Waals surface area contributed by atoms with Crippen molar-refractivity contribution < 1.29 is 11.2 Å². The van der Waals surface area contributed by atoms with Gasteiger partial charge in [-0.3, -0.25) is 0 Å². The third-order valence-corrected chi connectivity index (χ3v) is 3.18. The van der Waals surface area contributed by atoms with Crippen LogP contribution in [-0.2, 0) is 9.84 Å². The van der Waals surface area contributed by atoms with Gasteiger partial charge in [0, 0.05) is 5.41 Å². The quantitative estimate of drug-likeness (QED) is 0.572. The van der Waals surface area contributed by atoms with Crippen molar-refractivity contribution in [3.8, 4) is 0 Å². The Morgan fingerprint density at radius 1 is 1.23 bits per heavy atom. The molecule has 0 rings (SSSR count). The van der Waals surface area contributed by atoms with E-state index in [0.717, 1.165) is 24.7 Å². The average Bonchev–Trinajstić information content (AvgIpc) is 2.08. The lowest BCUT2D eigenvalue weighted by Crippen LogP contribution is -2.01. The van der Waals surface area contributed by atoms with Crippen molar-refractivity contribution in [1.82, 2.24) is 0 Å². The molecule has 2 nitrogen and oxygen atoms in total. The molecule has 0 radical (unpaired) electrons. The molecule has 0 N–H and O–H groups in total. The molecule has 0 amide bonds. The SMILES string of the molecule is [2H]C([2H])=CS(=O)(=O)CCCCCCCC. The largest absolute Gasteiger partial charge is 0.224 e. The van der Waals surface area contributed by atoms with E-state index in [1.807, 2.05) is 0 Å². The summed E-state index contributed by atoms with van der Waals surface area (Å²) in [7, 11) is -3.31. The van der Waals surface area contributed by atoms with E-state index in [2.05, 4.69) is 6.92 Å². The summed E-state index contributed by atoms with van der Waals surface area (Å²) in [6.45, 7) is 1.50. The molecule has 0 spiro atoms. The summed E-state index contributed by atoms with van der Waals surface area (Å²) in [5.74, 6) is 0.0698. The number of hydrogen-bond donors (Lipinski definition) is 0. The van der Waals surface area contributed by atoms with Crippen molar-refractivity contribution in [3.63, 3.8) is 0 Å². The molecular formula is C10H20O2S. The molecule has 0 aromatic carbocycles. The van der Waals surface area contributed by atoms with Crippen molar-refractivity contribution in [2.75, 3.05) is 5.75 Å². The van der Waals surface area contributed by atoms with Gasteiger partial charge in [0.2, 0.25) is 0 Å². The predicted molar refractivity (Wildman–Crippen MR) is 57.4 cm³/mol. The van der Waals surface area contributed by atoms with Crippen molar-refractivity contribution in [3.05, 3.63) is 11.9 Å². The zero-order chi connectivity index (χ0) is 11.7. The Morgan fingerprint density at radius 2 is 1.85 bits per heavy atom. The van der Waals surface area contributed by atoms with Crippen LogP contribution in [0.2, 0.25) is 0 Å². The molecule has 0 unspecified atom stereocenters. The minimum Gasteiger partial charge on any atom is -0.224 e. The van der Waals surface area contributed by atoms with Gasteiger partial charge >= 0.3 is 0 Å². The first kappa shape index (κ1) is 9.25. The highest BCUT2D eigenvalue weighted by Crippen LogP contribution is 2.06. The fourth-order valence-corrected chi connectivity index (χ4v) is 1.87. The number of sulfone groups is 1. The molecular weight excluding hydrogens is 184 g/mol. The summed E-state index contributed by atoms with van der Waals surface area (Å²) >= 11 is 0. The smallest absolute Gasteiger partial charge is 0.171 e. The maximum Gasteiger partial charge on any atom is 0.171 e. The Labute approximate surface area is 84.8 Å². The second-order valence-corrected chi connectivity index (χ2v) is 5.22. The average molecular weight is 206 g/mol. The molecule has 0 aliphatic carbocycles. The lowest BCUT2D eigenvalue weighted by molar-refractivity contribution is 0.591. The summed E-state index contributed by atoms with van der Waals surface area (Å²) in [5.41, 5.74) is 0. The van der Waals surface area contributed by atoms with Crippen molar-refractivity contribution >= 4 is 9.84 Å². The van der Waals surface area contributed by atoms with E-state index >= 15 is 0 Å². The fourth-order valence-electron chi connectivity index (χ4n) is 1.14. The minimum absolute atomic E-state index is 0.0698. The second-order valence-electron chi connectivity index (χ2n) is 3.25. The Kier molecular flexibility index (Phi) is 5.07. The molecule has 0 aromatic heterocycles. The molecule has 0 fully saturated rings. The highest BCUT2D eigenvalue weighted by atomic mass is 32.2. The first-order valence-electron chi connectivity index (χ1n) is 5.85. The van der Waals surface area contributed by atoms with Crippen LogP contribution in [0.5, 0.6) is 0 Å². The van der Waals surface area contributed by atoms with E-state index in [1.165, 1.54) is 12.8 Å². The standard InChI is InChI=1S/C10H20O2S/c1-3-5-6-7-8-9-10-13(11,12)4-2/h4H,2-3,5-10H2,1H3/i2D2. The summed E-state index contributed by atoms with van der Waals surface area (Å²) < 4.78 is 35.9. The van der Waals surface area contributed by atoms with Crippen LogP contribution in [0, 0.1) is 0 Å². The topological polar surface area (TPSA) is 34.1 Å². The maximum atomic E-state index is 11.2. The van der Waals surface area contributed by atoms with E-state index in [-0.39, 0.29) is 5.75 Å². The summed E-state index contributed by atoms with van der Waals surface area (Å²) in [6.07, 6.45) is 6.17. The molecule has 13 heavy (non-hydrogen) atoms. The first-order valence-corrected chi connectivity index (χ1v) is 6.57. The van der Waals surface area contributed by atoms with E-state index in [0.29, 0.717) is 6.42 Å². The molecule has 0 atom stereocenters. The van der Waals surface area contributed by atoms with Crippen LogP contribution in [0.25, 0.3) is 0 Å². The zero-order valence-corrected chi connectivity index (χ0v) is 9.07. The van der Waals surface area contributed by atoms with Gasteiger partial charge < -0.3 is 0 Å². The van der Waals surface area contributed by atoms with E-state index < -0.39 is 16.4 Å². The third-order valence-electron chi connectivity index (χ3n) is 1.96. The van der Waals surface area contributed by atoms with Crippen LogP contribution < -0.4 is 0 Å². The third kappa shape index (κ3) is 8.03. The second kappa shape index (κ2) is 7.13. The highest BCUT2D eigenvalue weighted by molar-refractivity contribution is 7.94. The van der Waals surface area contributed by atoms with E-state index in [1.54, 1.807) is 0 Å². The van der Waals surface area contributed by atoms with Gasteiger partial charge in [-0.25, -0.2) is 8.42 Å². The van der Waals surface area contributed by atoms with Gasteiger partial charge in [0.1, 0.15) is 0 Å². The predicted octanol–water partition coefficient (Wildman–Crippen LogP) is 2.91. The lowest BCUT2D eigenvalue weighted by atomic mass is 10.1. The summed E-state index contributed by atoms with van der Waals surface area (Å²) in [6, 6.07) is 0. The van der Waals surface area contributed by atoms with Crippen LogP contribution in [0.4, 0.5) is 0 Å². The normalized spacial score (nSPS) is 13.3. The molecule has 0 saturated heterocycles. The zero-order valence-electron chi connectivity index (χ0n) is 10.3. The molecule has 0 aliphatic rings. The van der Waals surface area contributed by atoms with Gasteiger partial charge in [0.25, 0.3) is 0 Å². The lowest BCUT2D eigenvalue weighted by Gasteiger charge is -1.99. The molecule has 0 aromatic rings. The Balaban J connectivity index is 3.64. The maximum absolute atomic E-state index is 11.2. The van der Waals surface area contributed by atoms with Crippen molar-refractivity contribution in [2.24, 2.45) is 0 Å². The first-order chi connectivity index (χ1) is 6.98. The van der Waals surface area contributed by atoms with Gasteiger partial charge in [0.05, 0.1) is 8.49 Å². The fraction of sp³-hybridized carbons (Fsp3) is 0.800. The summed E-state index contributed by atoms with van der Waals surface area (Å²) in [5, 5.41) is 0.721. The number of unbranched alkanes of at least 4 members (excludes halogenated alkanes) is 5. The highest BCUT2D eigenvalue weighted by Gasteiger charge is 2.02. The molecule has 0 bridgehead atoms. The Morgan fingerprint density at radius 3 is 2.46 bits per heavy atom. The monoisotopic (exact) mass is 206 g/mol. The minimum atomic E-state index is -3.31. The summed E-state index contributed by atoms with van der Waals surface area (Å²) in [4.78, 5) is 0. The van der Waals surface area contributed by atoms with Crippen LogP contribution in [0.1, 0.15) is 48.2 Å². The van der Waals surface area contributed by atoms with Crippen molar-refractivity contribution in [2.45, 2.75) is 45.4 Å². The van der Waals surface area contributed by atoms with Crippen LogP contribution in [-0.4, -0.2) is 14.2 Å². The van der Waals surface area contributed by atoms with Gasteiger partial charge in [-0.1, -0.05) is 45.6 Å². The number of hydrogen-bond acceptors (Lipinski definition) is 2. The van der Waals surface area contributed by atoms with Crippen LogP contribution >= 0.6 is 0 Å². The van der Waals surface area contributed by atoms with Gasteiger partial charge in [-0.05, 0) is 6.42 Å². The molecule has 0 heterocycles. The molecule has 78 valence electrons.